The molecule has 3 aromatic rings. The van der Waals surface area contributed by atoms with Crippen molar-refractivity contribution < 1.29 is 18.7 Å². The minimum atomic E-state index is -0.671. The van der Waals surface area contributed by atoms with Crippen molar-refractivity contribution >= 4 is 22.7 Å². The minimum absolute atomic E-state index is 0.0948. The molecule has 2 atom stereocenters. The Bertz CT molecular complexity index is 1070. The van der Waals surface area contributed by atoms with Crippen molar-refractivity contribution in [2.45, 2.75) is 32.4 Å². The molecule has 3 heterocycles. The van der Waals surface area contributed by atoms with E-state index in [0.29, 0.717) is 26.2 Å². The third kappa shape index (κ3) is 5.20. The number of nitrogens with one attached hydrogen (secondary N) is 3. The number of morpholine rings is 1. The van der Waals surface area contributed by atoms with E-state index in [4.69, 9.17) is 9.15 Å². The quantitative estimate of drug-likeness (QED) is 0.501. The molecule has 32 heavy (non-hydrogen) atoms. The van der Waals surface area contributed by atoms with Gasteiger partial charge < -0.3 is 24.8 Å². The molecular weight excluding hydrogens is 408 g/mol. The summed E-state index contributed by atoms with van der Waals surface area (Å²) in [4.78, 5) is 30.5. The van der Waals surface area contributed by atoms with Crippen LogP contribution in [0.2, 0.25) is 0 Å². The molecule has 2 amide bonds. The zero-order chi connectivity index (χ0) is 22.5. The van der Waals surface area contributed by atoms with E-state index >= 15 is 0 Å². The Morgan fingerprint density at radius 2 is 1.94 bits per heavy atom. The summed E-state index contributed by atoms with van der Waals surface area (Å²) in [5.41, 5.74) is 1.99. The van der Waals surface area contributed by atoms with Crippen molar-refractivity contribution in [3.05, 3.63) is 59.7 Å². The summed E-state index contributed by atoms with van der Waals surface area (Å²) < 4.78 is 11.4. The van der Waals surface area contributed by atoms with Gasteiger partial charge in [-0.2, -0.15) is 0 Å². The van der Waals surface area contributed by atoms with Crippen LogP contribution >= 0.6 is 0 Å². The molecule has 0 saturated carbocycles. The molecule has 1 aliphatic heterocycles. The van der Waals surface area contributed by atoms with Gasteiger partial charge in [-0.05, 0) is 30.7 Å². The SMILES string of the molecule is CC(=O)N[C@H](Cc1c[nH]c2ccccc12)C(=O)NC[C@@H](c1ccc(C)o1)N1CCOCC1. The lowest BCUT2D eigenvalue weighted by Crippen LogP contribution is -2.50. The number of rotatable bonds is 8. The van der Waals surface area contributed by atoms with E-state index in [0.717, 1.165) is 41.1 Å². The van der Waals surface area contributed by atoms with Gasteiger partial charge in [-0.15, -0.1) is 0 Å². The van der Waals surface area contributed by atoms with Gasteiger partial charge in [0.25, 0.3) is 0 Å². The number of fused-ring (bicyclic) bond motifs is 1. The second-order valence-electron chi connectivity index (χ2n) is 8.17. The van der Waals surface area contributed by atoms with Crippen LogP contribution in [-0.2, 0) is 20.7 Å². The number of hydrogen-bond acceptors (Lipinski definition) is 5. The van der Waals surface area contributed by atoms with Crippen molar-refractivity contribution in [3.63, 3.8) is 0 Å². The van der Waals surface area contributed by atoms with Crippen LogP contribution in [0.3, 0.4) is 0 Å². The van der Waals surface area contributed by atoms with Gasteiger partial charge in [0.05, 0.1) is 19.3 Å². The van der Waals surface area contributed by atoms with Crippen LogP contribution in [0, 0.1) is 6.92 Å². The number of amides is 2. The number of carbonyl (C=O) groups is 2. The Morgan fingerprint density at radius 1 is 1.16 bits per heavy atom. The maximum absolute atomic E-state index is 13.2. The molecule has 3 N–H and O–H groups in total. The number of nitrogens with zero attached hydrogens (tertiary/aromatic N) is 1. The summed E-state index contributed by atoms with van der Waals surface area (Å²) in [6.07, 6.45) is 2.30. The number of ether oxygens (including phenoxy) is 1. The fourth-order valence-corrected chi connectivity index (χ4v) is 4.23. The Labute approximate surface area is 187 Å². The van der Waals surface area contributed by atoms with Crippen LogP contribution < -0.4 is 10.6 Å². The number of para-hydroxylation sites is 1. The van der Waals surface area contributed by atoms with Gasteiger partial charge in [-0.25, -0.2) is 0 Å². The van der Waals surface area contributed by atoms with E-state index in [9.17, 15) is 9.59 Å². The van der Waals surface area contributed by atoms with Crippen LogP contribution in [0.15, 0.2) is 47.0 Å². The lowest BCUT2D eigenvalue weighted by Gasteiger charge is -2.33. The zero-order valence-corrected chi connectivity index (χ0v) is 18.5. The Kier molecular flexibility index (Phi) is 6.92. The Morgan fingerprint density at radius 3 is 2.66 bits per heavy atom. The Balaban J connectivity index is 1.48. The standard InChI is InChI=1S/C24H30N4O4/c1-16-7-8-23(32-16)22(28-9-11-31-12-10-28)15-26-24(30)21(27-17(2)29)13-18-14-25-20-6-4-3-5-19(18)20/h3-8,14,21-22,25H,9-13,15H2,1-2H3,(H,26,30)(H,27,29)/t21-,22+/m1/s1. The van der Waals surface area contributed by atoms with E-state index in [-0.39, 0.29) is 17.9 Å². The molecule has 1 aromatic carbocycles. The molecule has 1 aliphatic rings. The smallest absolute Gasteiger partial charge is 0.242 e. The molecule has 170 valence electrons. The summed E-state index contributed by atoms with van der Waals surface area (Å²) in [6.45, 7) is 6.56. The normalized spacial score (nSPS) is 16.6. The molecule has 0 spiro atoms. The highest BCUT2D eigenvalue weighted by Crippen LogP contribution is 2.24. The summed E-state index contributed by atoms with van der Waals surface area (Å²) in [7, 11) is 0. The third-order valence-electron chi connectivity index (χ3n) is 5.84. The van der Waals surface area contributed by atoms with Crippen molar-refractivity contribution in [1.82, 2.24) is 20.5 Å². The first-order valence-corrected chi connectivity index (χ1v) is 11.0. The van der Waals surface area contributed by atoms with Crippen molar-refractivity contribution in [2.24, 2.45) is 0 Å². The maximum Gasteiger partial charge on any atom is 0.242 e. The highest BCUT2D eigenvalue weighted by Gasteiger charge is 2.28. The summed E-state index contributed by atoms with van der Waals surface area (Å²) in [5.74, 6) is 1.20. The number of hydrogen-bond donors (Lipinski definition) is 3. The van der Waals surface area contributed by atoms with Crippen LogP contribution in [0.1, 0.15) is 30.0 Å². The lowest BCUT2D eigenvalue weighted by molar-refractivity contribution is -0.128. The number of aromatic nitrogens is 1. The van der Waals surface area contributed by atoms with Gasteiger partial charge in [0.2, 0.25) is 11.8 Å². The molecule has 0 aliphatic carbocycles. The van der Waals surface area contributed by atoms with Gasteiger partial charge in [0, 0.05) is 50.1 Å². The van der Waals surface area contributed by atoms with Gasteiger partial charge in [0.15, 0.2) is 0 Å². The number of H-pyrrole nitrogens is 1. The average molecular weight is 439 g/mol. The highest BCUT2D eigenvalue weighted by atomic mass is 16.5. The average Bonchev–Trinajstić information content (AvgIpc) is 3.40. The summed E-state index contributed by atoms with van der Waals surface area (Å²) >= 11 is 0. The number of aromatic amines is 1. The van der Waals surface area contributed by atoms with Crippen molar-refractivity contribution in [3.8, 4) is 0 Å². The second-order valence-corrected chi connectivity index (χ2v) is 8.17. The predicted molar refractivity (Wildman–Crippen MR) is 121 cm³/mol. The fourth-order valence-electron chi connectivity index (χ4n) is 4.23. The topological polar surface area (TPSA) is 99.6 Å². The van der Waals surface area contributed by atoms with E-state index in [1.807, 2.05) is 49.5 Å². The number of aryl methyl sites for hydroxylation is 1. The molecule has 1 fully saturated rings. The number of benzene rings is 1. The van der Waals surface area contributed by atoms with Crippen LogP contribution in [0.25, 0.3) is 10.9 Å². The molecule has 0 unspecified atom stereocenters. The Hall–Kier alpha value is -3.10. The molecular formula is C24H30N4O4. The van der Waals surface area contributed by atoms with Gasteiger partial charge in [0.1, 0.15) is 17.6 Å². The van der Waals surface area contributed by atoms with E-state index in [1.54, 1.807) is 0 Å². The molecule has 0 bridgehead atoms. The van der Waals surface area contributed by atoms with E-state index < -0.39 is 6.04 Å². The maximum atomic E-state index is 13.2. The molecule has 2 aromatic heterocycles. The number of furan rings is 1. The van der Waals surface area contributed by atoms with Gasteiger partial charge in [-0.1, -0.05) is 18.2 Å². The van der Waals surface area contributed by atoms with E-state index in [1.165, 1.54) is 6.92 Å². The first kappa shape index (κ1) is 22.1. The van der Waals surface area contributed by atoms with Crippen LogP contribution in [0.5, 0.6) is 0 Å². The zero-order valence-electron chi connectivity index (χ0n) is 18.5. The molecule has 8 heteroatoms. The first-order valence-electron chi connectivity index (χ1n) is 11.0. The monoisotopic (exact) mass is 438 g/mol. The molecule has 1 saturated heterocycles. The summed E-state index contributed by atoms with van der Waals surface area (Å²) in [5, 5.41) is 6.90. The molecule has 4 rings (SSSR count). The van der Waals surface area contributed by atoms with Gasteiger partial charge in [-0.3, -0.25) is 14.5 Å². The largest absolute Gasteiger partial charge is 0.465 e. The van der Waals surface area contributed by atoms with Crippen molar-refractivity contribution in [2.75, 3.05) is 32.8 Å². The van der Waals surface area contributed by atoms with Gasteiger partial charge >= 0.3 is 0 Å². The van der Waals surface area contributed by atoms with Crippen LogP contribution in [-0.4, -0.2) is 60.6 Å². The summed E-state index contributed by atoms with van der Waals surface area (Å²) in [6, 6.07) is 11.1. The highest BCUT2D eigenvalue weighted by molar-refractivity contribution is 5.89. The second kappa shape index (κ2) is 10.0. The third-order valence-corrected chi connectivity index (χ3v) is 5.84. The predicted octanol–water partition coefficient (Wildman–Crippen LogP) is 2.31. The van der Waals surface area contributed by atoms with E-state index in [2.05, 4.69) is 20.5 Å². The lowest BCUT2D eigenvalue weighted by atomic mass is 10.0. The first-order chi connectivity index (χ1) is 15.5. The van der Waals surface area contributed by atoms with Crippen molar-refractivity contribution in [1.29, 1.82) is 0 Å². The van der Waals surface area contributed by atoms with Crippen LogP contribution in [0.4, 0.5) is 0 Å². The molecule has 0 radical (unpaired) electrons. The fraction of sp³-hybridized carbons (Fsp3) is 0.417. The minimum Gasteiger partial charge on any atom is -0.465 e. The number of carbonyl (C=O) groups excluding carboxylic acids is 2. The molecule has 8 nitrogen and oxygen atoms in total.